The Kier molecular flexibility index (Phi) is 8.30. The van der Waals surface area contributed by atoms with Crippen LogP contribution < -0.4 is 10.1 Å². The molecule has 0 saturated carbocycles. The molecule has 0 aliphatic heterocycles. The van der Waals surface area contributed by atoms with Gasteiger partial charge in [0.2, 0.25) is 11.8 Å². The van der Waals surface area contributed by atoms with Gasteiger partial charge in [0.05, 0.1) is 13.5 Å². The molecule has 0 saturated heterocycles. The zero-order valence-corrected chi connectivity index (χ0v) is 19.1. The maximum Gasteiger partial charge on any atom is 0.243 e. The standard InChI is InChI=1S/C24H31ClN2O3/c1-6-21(23(29)26-24(2,3)4)27(16-18-7-11-19(25)12-8-18)22(28)15-17-9-13-20(30-5)14-10-17/h7-14,21H,6,15-16H2,1-5H3,(H,26,29)/t21-/m1/s1. The van der Waals surface area contributed by atoms with E-state index in [9.17, 15) is 9.59 Å². The van der Waals surface area contributed by atoms with Gasteiger partial charge in [-0.1, -0.05) is 42.8 Å². The molecule has 2 amide bonds. The Morgan fingerprint density at radius 2 is 1.60 bits per heavy atom. The minimum Gasteiger partial charge on any atom is -0.497 e. The number of benzene rings is 2. The van der Waals surface area contributed by atoms with E-state index in [4.69, 9.17) is 16.3 Å². The molecule has 0 aliphatic rings. The monoisotopic (exact) mass is 430 g/mol. The van der Waals surface area contributed by atoms with Crippen molar-refractivity contribution in [3.8, 4) is 5.75 Å². The highest BCUT2D eigenvalue weighted by molar-refractivity contribution is 6.30. The second-order valence-corrected chi connectivity index (χ2v) is 8.77. The Labute approximate surface area is 184 Å². The third-order valence-electron chi connectivity index (χ3n) is 4.66. The molecule has 0 fully saturated rings. The minimum atomic E-state index is -0.564. The fourth-order valence-corrected chi connectivity index (χ4v) is 3.30. The van der Waals surface area contributed by atoms with Crippen LogP contribution in [0.1, 0.15) is 45.2 Å². The predicted octanol–water partition coefficient (Wildman–Crippen LogP) is 4.61. The van der Waals surface area contributed by atoms with Crippen LogP contribution in [0.5, 0.6) is 5.75 Å². The van der Waals surface area contributed by atoms with E-state index in [-0.39, 0.29) is 23.8 Å². The molecule has 6 heteroatoms. The van der Waals surface area contributed by atoms with Crippen LogP contribution in [-0.4, -0.2) is 35.4 Å². The first-order valence-electron chi connectivity index (χ1n) is 10.1. The van der Waals surface area contributed by atoms with E-state index in [0.717, 1.165) is 16.9 Å². The summed E-state index contributed by atoms with van der Waals surface area (Å²) < 4.78 is 5.18. The number of rotatable bonds is 8. The Hall–Kier alpha value is -2.53. The van der Waals surface area contributed by atoms with Gasteiger partial charge in [0, 0.05) is 17.1 Å². The number of ether oxygens (including phenoxy) is 1. The molecule has 0 bridgehead atoms. The maximum atomic E-state index is 13.3. The molecular formula is C24H31ClN2O3. The first-order valence-corrected chi connectivity index (χ1v) is 10.5. The van der Waals surface area contributed by atoms with Crippen LogP contribution in [-0.2, 0) is 22.6 Å². The lowest BCUT2D eigenvalue weighted by Gasteiger charge is -2.33. The van der Waals surface area contributed by atoms with E-state index in [2.05, 4.69) is 5.32 Å². The zero-order chi connectivity index (χ0) is 22.3. The molecule has 1 N–H and O–H groups in total. The fourth-order valence-electron chi connectivity index (χ4n) is 3.18. The van der Waals surface area contributed by atoms with Crippen LogP contribution in [0, 0.1) is 0 Å². The van der Waals surface area contributed by atoms with Gasteiger partial charge in [0.15, 0.2) is 0 Å². The Morgan fingerprint density at radius 3 is 2.10 bits per heavy atom. The molecule has 2 rings (SSSR count). The van der Waals surface area contributed by atoms with Crippen LogP contribution in [0.15, 0.2) is 48.5 Å². The van der Waals surface area contributed by atoms with Crippen molar-refractivity contribution >= 4 is 23.4 Å². The second-order valence-electron chi connectivity index (χ2n) is 8.34. The molecule has 0 aliphatic carbocycles. The smallest absolute Gasteiger partial charge is 0.243 e. The summed E-state index contributed by atoms with van der Waals surface area (Å²) in [5.41, 5.74) is 1.41. The Morgan fingerprint density at radius 1 is 1.03 bits per heavy atom. The molecule has 1 atom stereocenters. The van der Waals surface area contributed by atoms with Gasteiger partial charge < -0.3 is 15.0 Å². The highest BCUT2D eigenvalue weighted by Gasteiger charge is 2.30. The third kappa shape index (κ3) is 7.06. The van der Waals surface area contributed by atoms with Crippen LogP contribution in [0.3, 0.4) is 0 Å². The number of nitrogens with one attached hydrogen (secondary N) is 1. The molecule has 0 aromatic heterocycles. The number of hydrogen-bond acceptors (Lipinski definition) is 3. The normalized spacial score (nSPS) is 12.2. The number of methoxy groups -OCH3 is 1. The predicted molar refractivity (Wildman–Crippen MR) is 121 cm³/mol. The van der Waals surface area contributed by atoms with Crippen molar-refractivity contribution in [2.24, 2.45) is 0 Å². The van der Waals surface area contributed by atoms with Gasteiger partial charge in [-0.05, 0) is 62.6 Å². The van der Waals surface area contributed by atoms with Gasteiger partial charge in [-0.2, -0.15) is 0 Å². The lowest BCUT2D eigenvalue weighted by atomic mass is 10.0. The minimum absolute atomic E-state index is 0.106. The van der Waals surface area contributed by atoms with Crippen molar-refractivity contribution in [3.05, 3.63) is 64.7 Å². The third-order valence-corrected chi connectivity index (χ3v) is 4.92. The topological polar surface area (TPSA) is 58.6 Å². The summed E-state index contributed by atoms with van der Waals surface area (Å²) in [6.07, 6.45) is 0.723. The number of carbonyl (C=O) groups is 2. The molecule has 162 valence electrons. The van der Waals surface area contributed by atoms with Crippen molar-refractivity contribution in [2.75, 3.05) is 7.11 Å². The van der Waals surface area contributed by atoms with Gasteiger partial charge in [0.1, 0.15) is 11.8 Å². The highest BCUT2D eigenvalue weighted by atomic mass is 35.5. The summed E-state index contributed by atoms with van der Waals surface area (Å²) in [5.74, 6) is 0.480. The van der Waals surface area contributed by atoms with E-state index in [1.165, 1.54) is 0 Å². The number of carbonyl (C=O) groups excluding carboxylic acids is 2. The summed E-state index contributed by atoms with van der Waals surface area (Å²) in [5, 5.41) is 3.64. The lowest BCUT2D eigenvalue weighted by molar-refractivity contribution is -0.141. The molecule has 30 heavy (non-hydrogen) atoms. The maximum absolute atomic E-state index is 13.3. The van der Waals surface area contributed by atoms with Crippen LogP contribution >= 0.6 is 11.6 Å². The Balaban J connectivity index is 2.28. The molecule has 0 unspecified atom stereocenters. The zero-order valence-electron chi connectivity index (χ0n) is 18.4. The molecule has 2 aromatic rings. The molecular weight excluding hydrogens is 400 g/mol. The van der Waals surface area contributed by atoms with Gasteiger partial charge in [0.25, 0.3) is 0 Å². The quantitative estimate of drug-likeness (QED) is 0.665. The molecule has 5 nitrogen and oxygen atoms in total. The van der Waals surface area contributed by atoms with Crippen molar-refractivity contribution in [1.82, 2.24) is 10.2 Å². The van der Waals surface area contributed by atoms with E-state index >= 15 is 0 Å². The van der Waals surface area contributed by atoms with Crippen LogP contribution in [0.4, 0.5) is 0 Å². The summed E-state index contributed by atoms with van der Waals surface area (Å²) in [4.78, 5) is 27.9. The van der Waals surface area contributed by atoms with E-state index in [1.807, 2.05) is 64.1 Å². The summed E-state index contributed by atoms with van der Waals surface area (Å²) >= 11 is 6.00. The second kappa shape index (κ2) is 10.5. The SMILES string of the molecule is CC[C@H](C(=O)NC(C)(C)C)N(Cc1ccc(Cl)cc1)C(=O)Cc1ccc(OC)cc1. The molecule has 0 spiro atoms. The van der Waals surface area contributed by atoms with Gasteiger partial charge in [-0.25, -0.2) is 0 Å². The number of amides is 2. The largest absolute Gasteiger partial charge is 0.497 e. The van der Waals surface area contributed by atoms with Gasteiger partial charge >= 0.3 is 0 Å². The van der Waals surface area contributed by atoms with Crippen molar-refractivity contribution < 1.29 is 14.3 Å². The summed E-state index contributed by atoms with van der Waals surface area (Å²) in [6.45, 7) is 8.05. The lowest BCUT2D eigenvalue weighted by Crippen LogP contribution is -2.53. The van der Waals surface area contributed by atoms with Gasteiger partial charge in [-0.15, -0.1) is 0 Å². The number of halogens is 1. The fraction of sp³-hybridized carbons (Fsp3) is 0.417. The first kappa shape index (κ1) is 23.7. The van der Waals surface area contributed by atoms with E-state index in [1.54, 1.807) is 24.1 Å². The van der Waals surface area contributed by atoms with Crippen LogP contribution in [0.25, 0.3) is 0 Å². The van der Waals surface area contributed by atoms with Crippen molar-refractivity contribution in [1.29, 1.82) is 0 Å². The average Bonchev–Trinajstić information content (AvgIpc) is 2.68. The number of nitrogens with zero attached hydrogens (tertiary/aromatic N) is 1. The summed E-state index contributed by atoms with van der Waals surface area (Å²) in [6, 6.07) is 14.2. The Bertz CT molecular complexity index is 842. The van der Waals surface area contributed by atoms with Gasteiger partial charge in [-0.3, -0.25) is 9.59 Å². The average molecular weight is 431 g/mol. The molecule has 0 heterocycles. The van der Waals surface area contributed by atoms with E-state index in [0.29, 0.717) is 18.0 Å². The first-order chi connectivity index (χ1) is 14.1. The van der Waals surface area contributed by atoms with Crippen molar-refractivity contribution in [2.45, 2.75) is 58.7 Å². The number of hydrogen-bond donors (Lipinski definition) is 1. The van der Waals surface area contributed by atoms with E-state index < -0.39 is 6.04 Å². The molecule has 0 radical (unpaired) electrons. The molecule has 2 aromatic carbocycles. The van der Waals surface area contributed by atoms with Crippen molar-refractivity contribution in [3.63, 3.8) is 0 Å². The van der Waals surface area contributed by atoms with Crippen LogP contribution in [0.2, 0.25) is 5.02 Å². The summed E-state index contributed by atoms with van der Waals surface area (Å²) in [7, 11) is 1.60. The highest BCUT2D eigenvalue weighted by Crippen LogP contribution is 2.18.